The van der Waals surface area contributed by atoms with E-state index in [1.165, 1.54) is 10.4 Å². The van der Waals surface area contributed by atoms with Gasteiger partial charge in [0.15, 0.2) is 17.6 Å². The fourth-order valence-electron chi connectivity index (χ4n) is 4.35. The van der Waals surface area contributed by atoms with E-state index in [9.17, 15) is 18.0 Å². The van der Waals surface area contributed by atoms with Gasteiger partial charge in [0.05, 0.1) is 16.5 Å². The summed E-state index contributed by atoms with van der Waals surface area (Å²) in [7, 11) is -3.88. The van der Waals surface area contributed by atoms with Crippen molar-refractivity contribution in [1.29, 1.82) is 0 Å². The second kappa shape index (κ2) is 8.48. The van der Waals surface area contributed by atoms with Crippen molar-refractivity contribution in [2.24, 2.45) is 5.92 Å². The lowest BCUT2D eigenvalue weighted by atomic mass is 9.98. The Morgan fingerprint density at radius 3 is 2.76 bits per heavy atom. The number of sulfonamides is 1. The van der Waals surface area contributed by atoms with Crippen LogP contribution in [0.15, 0.2) is 35.2 Å². The molecule has 1 fully saturated rings. The Kier molecular flexibility index (Phi) is 5.61. The van der Waals surface area contributed by atoms with Crippen LogP contribution in [-0.2, 0) is 19.6 Å². The molecular formula is C23H25N3O7S. The Bertz CT molecular complexity index is 1280. The molecule has 3 aliphatic heterocycles. The van der Waals surface area contributed by atoms with Crippen LogP contribution in [0.5, 0.6) is 17.2 Å². The van der Waals surface area contributed by atoms with Crippen molar-refractivity contribution in [1.82, 2.24) is 4.31 Å². The molecule has 0 saturated carbocycles. The molecule has 0 radical (unpaired) electrons. The summed E-state index contributed by atoms with van der Waals surface area (Å²) in [5.74, 6) is 0.455. The fraction of sp³-hybridized carbons (Fsp3) is 0.391. The van der Waals surface area contributed by atoms with Gasteiger partial charge in [0.2, 0.25) is 22.7 Å². The maximum absolute atomic E-state index is 13.5. The Labute approximate surface area is 197 Å². The molecule has 0 bridgehead atoms. The topological polar surface area (TPSA) is 123 Å². The quantitative estimate of drug-likeness (QED) is 0.679. The molecule has 1 saturated heterocycles. The minimum absolute atomic E-state index is 0.0727. The van der Waals surface area contributed by atoms with Crippen molar-refractivity contribution in [2.75, 3.05) is 30.5 Å². The molecular weight excluding hydrogens is 462 g/mol. The highest BCUT2D eigenvalue weighted by molar-refractivity contribution is 7.89. The van der Waals surface area contributed by atoms with Crippen molar-refractivity contribution in [3.8, 4) is 17.2 Å². The predicted octanol–water partition coefficient (Wildman–Crippen LogP) is 2.48. The number of carbonyl (C=O) groups excluding carboxylic acids is 2. The molecule has 5 rings (SSSR count). The van der Waals surface area contributed by atoms with Crippen LogP contribution in [0.2, 0.25) is 0 Å². The van der Waals surface area contributed by atoms with E-state index in [1.54, 1.807) is 38.1 Å². The van der Waals surface area contributed by atoms with Crippen LogP contribution in [0.4, 0.5) is 11.4 Å². The molecule has 0 aromatic heterocycles. The van der Waals surface area contributed by atoms with Gasteiger partial charge >= 0.3 is 0 Å². The SMILES string of the molecule is Cc1cc2c(cc1S(=O)(=O)N1CCC[C@H](C(=O)Nc3ccc4c(c3)OCO4)C1)O[C@H](C)C(=O)N2. The van der Waals surface area contributed by atoms with Gasteiger partial charge in [-0.15, -0.1) is 0 Å². The zero-order chi connectivity index (χ0) is 24.0. The molecule has 0 aliphatic carbocycles. The van der Waals surface area contributed by atoms with Crippen LogP contribution in [0.25, 0.3) is 0 Å². The molecule has 2 atom stereocenters. The average Bonchev–Trinajstić information content (AvgIpc) is 3.28. The van der Waals surface area contributed by atoms with Crippen LogP contribution >= 0.6 is 0 Å². The number of hydrogen-bond acceptors (Lipinski definition) is 7. The van der Waals surface area contributed by atoms with Crippen molar-refractivity contribution in [2.45, 2.75) is 37.7 Å². The summed E-state index contributed by atoms with van der Waals surface area (Å²) < 4.78 is 44.6. The highest BCUT2D eigenvalue weighted by Crippen LogP contribution is 2.37. The maximum Gasteiger partial charge on any atom is 0.265 e. The van der Waals surface area contributed by atoms with Gasteiger partial charge in [-0.25, -0.2) is 8.42 Å². The number of anilines is 2. The summed E-state index contributed by atoms with van der Waals surface area (Å²) in [6.07, 6.45) is 0.426. The first-order chi connectivity index (χ1) is 16.2. The van der Waals surface area contributed by atoms with Gasteiger partial charge in [0.1, 0.15) is 5.75 Å². The predicted molar refractivity (Wildman–Crippen MR) is 123 cm³/mol. The minimum atomic E-state index is -3.88. The van der Waals surface area contributed by atoms with E-state index < -0.39 is 22.0 Å². The number of piperidine rings is 1. The average molecular weight is 488 g/mol. The third-order valence-corrected chi connectivity index (χ3v) is 8.23. The first-order valence-electron chi connectivity index (χ1n) is 11.1. The number of hydrogen-bond donors (Lipinski definition) is 2. The van der Waals surface area contributed by atoms with Crippen molar-refractivity contribution in [3.63, 3.8) is 0 Å². The Morgan fingerprint density at radius 2 is 1.94 bits per heavy atom. The van der Waals surface area contributed by atoms with Crippen molar-refractivity contribution >= 4 is 33.2 Å². The lowest BCUT2D eigenvalue weighted by molar-refractivity contribution is -0.123. The number of fused-ring (bicyclic) bond motifs is 2. The molecule has 2 amide bonds. The number of amides is 2. The standard InChI is InChI=1S/C23H25N3O7S/c1-13-8-17-19(33-14(2)22(27)25-17)10-21(13)34(29,30)26-7-3-4-15(11-26)23(28)24-16-5-6-18-20(9-16)32-12-31-18/h5-6,8-10,14-15H,3-4,7,11-12H2,1-2H3,(H,24,28)(H,25,27)/t14-,15+/m1/s1. The number of nitrogens with zero attached hydrogens (tertiary/aromatic N) is 1. The molecule has 2 N–H and O–H groups in total. The summed E-state index contributed by atoms with van der Waals surface area (Å²) in [6, 6.07) is 8.18. The normalized spacial score (nSPS) is 21.9. The van der Waals surface area contributed by atoms with E-state index in [1.807, 2.05) is 0 Å². The molecule has 0 spiro atoms. The van der Waals surface area contributed by atoms with Gasteiger partial charge in [-0.05, 0) is 50.5 Å². The van der Waals surface area contributed by atoms with Gasteiger partial charge in [-0.1, -0.05) is 0 Å². The van der Waals surface area contributed by atoms with E-state index in [2.05, 4.69) is 10.6 Å². The minimum Gasteiger partial charge on any atom is -0.479 e. The summed E-state index contributed by atoms with van der Waals surface area (Å²) in [5, 5.41) is 5.59. The number of carbonyl (C=O) groups is 2. The van der Waals surface area contributed by atoms with Gasteiger partial charge < -0.3 is 24.8 Å². The second-order valence-corrected chi connectivity index (χ2v) is 10.5. The Balaban J connectivity index is 1.33. The molecule has 11 heteroatoms. The lowest BCUT2D eigenvalue weighted by Crippen LogP contribution is -2.44. The molecule has 3 heterocycles. The zero-order valence-corrected chi connectivity index (χ0v) is 19.6. The van der Waals surface area contributed by atoms with Crippen LogP contribution < -0.4 is 24.8 Å². The molecule has 34 heavy (non-hydrogen) atoms. The molecule has 2 aromatic rings. The number of benzene rings is 2. The summed E-state index contributed by atoms with van der Waals surface area (Å²) >= 11 is 0. The fourth-order valence-corrected chi connectivity index (χ4v) is 6.10. The van der Waals surface area contributed by atoms with Gasteiger partial charge in [0.25, 0.3) is 5.91 Å². The summed E-state index contributed by atoms with van der Waals surface area (Å²) in [4.78, 5) is 24.9. The lowest BCUT2D eigenvalue weighted by Gasteiger charge is -2.32. The summed E-state index contributed by atoms with van der Waals surface area (Å²) in [6.45, 7) is 3.80. The van der Waals surface area contributed by atoms with Gasteiger partial charge in [0, 0.05) is 30.9 Å². The largest absolute Gasteiger partial charge is 0.479 e. The third-order valence-electron chi connectivity index (χ3n) is 6.22. The molecule has 180 valence electrons. The number of ether oxygens (including phenoxy) is 3. The first kappa shape index (κ1) is 22.5. The van der Waals surface area contributed by atoms with E-state index in [4.69, 9.17) is 14.2 Å². The van der Waals surface area contributed by atoms with Crippen LogP contribution in [-0.4, -0.2) is 50.5 Å². The van der Waals surface area contributed by atoms with Crippen LogP contribution in [0, 0.1) is 12.8 Å². The van der Waals surface area contributed by atoms with Gasteiger partial charge in [-0.2, -0.15) is 4.31 Å². The Morgan fingerprint density at radius 1 is 1.15 bits per heavy atom. The second-order valence-electron chi connectivity index (χ2n) is 8.62. The van der Waals surface area contributed by atoms with Crippen LogP contribution in [0.1, 0.15) is 25.3 Å². The Hall–Kier alpha value is -3.31. The van der Waals surface area contributed by atoms with Crippen molar-refractivity contribution < 1.29 is 32.2 Å². The smallest absolute Gasteiger partial charge is 0.265 e. The third kappa shape index (κ3) is 4.05. The molecule has 0 unspecified atom stereocenters. The zero-order valence-electron chi connectivity index (χ0n) is 18.8. The van der Waals surface area contributed by atoms with Crippen molar-refractivity contribution in [3.05, 3.63) is 35.9 Å². The highest BCUT2D eigenvalue weighted by Gasteiger charge is 2.35. The van der Waals surface area contributed by atoms with Gasteiger partial charge in [-0.3, -0.25) is 9.59 Å². The first-order valence-corrected chi connectivity index (χ1v) is 12.5. The summed E-state index contributed by atoms with van der Waals surface area (Å²) in [5.41, 5.74) is 1.50. The number of nitrogens with one attached hydrogen (secondary N) is 2. The van der Waals surface area contributed by atoms with Crippen LogP contribution in [0.3, 0.4) is 0 Å². The number of rotatable bonds is 4. The molecule has 3 aliphatic rings. The highest BCUT2D eigenvalue weighted by atomic mass is 32.2. The van der Waals surface area contributed by atoms with E-state index in [0.717, 1.165) is 0 Å². The van der Waals surface area contributed by atoms with E-state index >= 15 is 0 Å². The maximum atomic E-state index is 13.5. The van der Waals surface area contributed by atoms with E-state index in [0.29, 0.717) is 53.6 Å². The molecule has 2 aromatic carbocycles. The van der Waals surface area contributed by atoms with E-state index in [-0.39, 0.29) is 30.0 Å². The molecule has 10 nitrogen and oxygen atoms in total. The monoisotopic (exact) mass is 487 g/mol. The number of aryl methyl sites for hydroxylation is 1.